The highest BCUT2D eigenvalue weighted by Gasteiger charge is 2.45. The number of likely N-dealkylation sites (tertiary alicyclic amines) is 1. The van der Waals surface area contributed by atoms with Gasteiger partial charge in [0.1, 0.15) is 12.4 Å². The van der Waals surface area contributed by atoms with Gasteiger partial charge in [-0.2, -0.15) is 0 Å². The average Bonchev–Trinajstić information content (AvgIpc) is 2.70. The molecule has 2 heterocycles. The summed E-state index contributed by atoms with van der Waals surface area (Å²) in [6.45, 7) is 6.17. The first-order chi connectivity index (χ1) is 13.2. The molecule has 142 valence electrons. The van der Waals surface area contributed by atoms with Gasteiger partial charge in [0.15, 0.2) is 0 Å². The number of benzene rings is 2. The zero-order valence-corrected chi connectivity index (χ0v) is 16.1. The molecule has 0 atom stereocenters. The van der Waals surface area contributed by atoms with E-state index in [-0.39, 0.29) is 11.4 Å². The van der Waals surface area contributed by atoms with Crippen LogP contribution in [-0.4, -0.2) is 48.5 Å². The van der Waals surface area contributed by atoms with E-state index in [0.717, 1.165) is 51.2 Å². The molecular weight excluding hydrogens is 336 g/mol. The van der Waals surface area contributed by atoms with Crippen LogP contribution in [0.4, 0.5) is 0 Å². The van der Waals surface area contributed by atoms with Gasteiger partial charge in [0.05, 0.1) is 5.54 Å². The molecule has 0 saturated carbocycles. The molecule has 27 heavy (non-hydrogen) atoms. The predicted octanol–water partition coefficient (Wildman–Crippen LogP) is 3.46. The first-order valence-electron chi connectivity index (χ1n) is 9.96. The summed E-state index contributed by atoms with van der Waals surface area (Å²) < 4.78 is 5.86. The number of rotatable bonds is 4. The maximum absolute atomic E-state index is 12.4. The summed E-state index contributed by atoms with van der Waals surface area (Å²) in [4.78, 5) is 17.0. The summed E-state index contributed by atoms with van der Waals surface area (Å²) in [5.41, 5.74) is 2.65. The fourth-order valence-corrected chi connectivity index (χ4v) is 4.74. The molecule has 0 unspecified atom stereocenters. The summed E-state index contributed by atoms with van der Waals surface area (Å²) in [5, 5.41) is 0. The molecule has 1 spiro atoms. The van der Waals surface area contributed by atoms with Crippen molar-refractivity contribution in [3.63, 3.8) is 0 Å². The lowest BCUT2D eigenvalue weighted by Gasteiger charge is -2.52. The third-order valence-electron chi connectivity index (χ3n) is 6.12. The van der Waals surface area contributed by atoms with Crippen LogP contribution in [0.25, 0.3) is 0 Å². The van der Waals surface area contributed by atoms with E-state index in [0.29, 0.717) is 6.61 Å². The average molecular weight is 364 g/mol. The molecular formula is C23H28N2O2. The number of amides is 1. The van der Waals surface area contributed by atoms with Crippen molar-refractivity contribution >= 4 is 5.91 Å². The fourth-order valence-electron chi connectivity index (χ4n) is 4.74. The zero-order valence-electron chi connectivity index (χ0n) is 16.1. The quantitative estimate of drug-likeness (QED) is 0.833. The highest BCUT2D eigenvalue weighted by Crippen LogP contribution is 2.43. The van der Waals surface area contributed by atoms with Crippen molar-refractivity contribution in [3.8, 4) is 5.75 Å². The molecule has 4 heteroatoms. The molecule has 0 aliphatic carbocycles. The van der Waals surface area contributed by atoms with E-state index in [1.54, 1.807) is 6.92 Å². The Morgan fingerprint density at radius 1 is 1.00 bits per heavy atom. The van der Waals surface area contributed by atoms with Gasteiger partial charge in [-0.25, -0.2) is 0 Å². The summed E-state index contributed by atoms with van der Waals surface area (Å²) in [6, 6.07) is 18.7. The molecule has 4 nitrogen and oxygen atoms in total. The highest BCUT2D eigenvalue weighted by molar-refractivity contribution is 5.75. The van der Waals surface area contributed by atoms with Gasteiger partial charge in [-0.3, -0.25) is 9.69 Å². The third-order valence-corrected chi connectivity index (χ3v) is 6.12. The van der Waals surface area contributed by atoms with Crippen LogP contribution in [0.3, 0.4) is 0 Å². The van der Waals surface area contributed by atoms with E-state index in [1.807, 2.05) is 30.3 Å². The summed E-state index contributed by atoms with van der Waals surface area (Å²) in [7, 11) is 0. The van der Waals surface area contributed by atoms with E-state index in [4.69, 9.17) is 4.74 Å². The lowest BCUT2D eigenvalue weighted by Crippen LogP contribution is -2.57. The molecule has 0 bridgehead atoms. The number of para-hydroxylation sites is 1. The first-order valence-corrected chi connectivity index (χ1v) is 9.96. The molecule has 0 aromatic heterocycles. The van der Waals surface area contributed by atoms with E-state index in [9.17, 15) is 4.79 Å². The lowest BCUT2D eigenvalue weighted by atomic mass is 9.74. The summed E-state index contributed by atoms with van der Waals surface area (Å²) in [6.07, 6.45) is 2.95. The maximum atomic E-state index is 12.4. The number of hydrogen-bond acceptors (Lipinski definition) is 3. The van der Waals surface area contributed by atoms with Crippen LogP contribution < -0.4 is 4.74 Å². The van der Waals surface area contributed by atoms with Crippen LogP contribution in [0.5, 0.6) is 5.75 Å². The second-order valence-corrected chi connectivity index (χ2v) is 7.61. The zero-order chi connectivity index (χ0) is 18.7. The fraction of sp³-hybridized carbons (Fsp3) is 0.435. The van der Waals surface area contributed by atoms with E-state index in [1.165, 1.54) is 11.1 Å². The monoisotopic (exact) mass is 364 g/mol. The van der Waals surface area contributed by atoms with Crippen LogP contribution in [0.2, 0.25) is 0 Å². The Balaban J connectivity index is 1.42. The summed E-state index contributed by atoms with van der Waals surface area (Å²) >= 11 is 0. The Morgan fingerprint density at radius 3 is 2.44 bits per heavy atom. The molecule has 2 aliphatic rings. The number of hydrogen-bond donors (Lipinski definition) is 0. The van der Waals surface area contributed by atoms with Gasteiger partial charge in [-0.15, -0.1) is 0 Å². The standard InChI is InChI=1S/C23H28N2O2/c1-19(26)25-14-11-20-7-5-6-10-22(20)23(25)12-15-24(16-13-23)17-18-27-21-8-3-2-4-9-21/h2-10H,11-18H2,1H3. The molecule has 0 N–H and O–H groups in total. The Morgan fingerprint density at radius 2 is 1.70 bits per heavy atom. The van der Waals surface area contributed by atoms with Crippen LogP contribution in [-0.2, 0) is 16.8 Å². The minimum Gasteiger partial charge on any atom is -0.492 e. The number of carbonyl (C=O) groups is 1. The van der Waals surface area contributed by atoms with E-state index >= 15 is 0 Å². The van der Waals surface area contributed by atoms with Crippen molar-refractivity contribution in [1.82, 2.24) is 9.80 Å². The Kier molecular flexibility index (Phi) is 5.17. The van der Waals surface area contributed by atoms with Crippen molar-refractivity contribution in [2.45, 2.75) is 31.7 Å². The first kappa shape index (κ1) is 18.1. The smallest absolute Gasteiger partial charge is 0.220 e. The van der Waals surface area contributed by atoms with Gasteiger partial charge < -0.3 is 9.64 Å². The molecule has 2 aromatic rings. The van der Waals surface area contributed by atoms with Gasteiger partial charge in [-0.05, 0) is 42.5 Å². The number of piperidine rings is 1. The molecule has 1 saturated heterocycles. The van der Waals surface area contributed by atoms with Crippen LogP contribution in [0, 0.1) is 0 Å². The maximum Gasteiger partial charge on any atom is 0.220 e. The van der Waals surface area contributed by atoms with Crippen LogP contribution >= 0.6 is 0 Å². The molecule has 0 radical (unpaired) electrons. The number of fused-ring (bicyclic) bond motifs is 2. The van der Waals surface area contributed by atoms with Crippen molar-refractivity contribution in [3.05, 3.63) is 65.7 Å². The van der Waals surface area contributed by atoms with Gasteiger partial charge >= 0.3 is 0 Å². The Bertz CT molecular complexity index is 782. The summed E-state index contributed by atoms with van der Waals surface area (Å²) in [5.74, 6) is 1.13. The lowest BCUT2D eigenvalue weighted by molar-refractivity contribution is -0.139. The predicted molar refractivity (Wildman–Crippen MR) is 107 cm³/mol. The topological polar surface area (TPSA) is 32.8 Å². The minimum absolute atomic E-state index is 0.128. The van der Waals surface area contributed by atoms with Crippen molar-refractivity contribution in [1.29, 1.82) is 0 Å². The molecule has 2 aliphatic heterocycles. The molecule has 2 aromatic carbocycles. The van der Waals surface area contributed by atoms with Crippen molar-refractivity contribution < 1.29 is 9.53 Å². The van der Waals surface area contributed by atoms with Crippen molar-refractivity contribution in [2.24, 2.45) is 0 Å². The van der Waals surface area contributed by atoms with Gasteiger partial charge in [0, 0.05) is 33.1 Å². The molecule has 1 amide bonds. The SMILES string of the molecule is CC(=O)N1CCc2ccccc2C12CCN(CCOc1ccccc1)CC2. The number of carbonyl (C=O) groups excluding carboxylic acids is 1. The number of ether oxygens (including phenoxy) is 1. The Hall–Kier alpha value is -2.33. The highest BCUT2D eigenvalue weighted by atomic mass is 16.5. The van der Waals surface area contributed by atoms with Crippen LogP contribution in [0.15, 0.2) is 54.6 Å². The Labute approximate surface area is 161 Å². The largest absolute Gasteiger partial charge is 0.492 e. The van der Waals surface area contributed by atoms with Gasteiger partial charge in [-0.1, -0.05) is 42.5 Å². The minimum atomic E-state index is -0.128. The molecule has 4 rings (SSSR count). The van der Waals surface area contributed by atoms with Gasteiger partial charge in [0.2, 0.25) is 5.91 Å². The van der Waals surface area contributed by atoms with Crippen molar-refractivity contribution in [2.75, 3.05) is 32.8 Å². The second kappa shape index (κ2) is 7.73. The van der Waals surface area contributed by atoms with Crippen LogP contribution in [0.1, 0.15) is 30.9 Å². The van der Waals surface area contributed by atoms with E-state index < -0.39 is 0 Å². The third kappa shape index (κ3) is 3.59. The second-order valence-electron chi connectivity index (χ2n) is 7.61. The number of nitrogens with zero attached hydrogens (tertiary/aromatic N) is 2. The molecule has 1 fully saturated rings. The van der Waals surface area contributed by atoms with Gasteiger partial charge in [0.25, 0.3) is 0 Å². The van der Waals surface area contributed by atoms with E-state index in [2.05, 4.69) is 34.1 Å². The normalized spacial score (nSPS) is 18.9.